The zero-order valence-electron chi connectivity index (χ0n) is 22.1. The molecule has 0 saturated heterocycles. The summed E-state index contributed by atoms with van der Waals surface area (Å²) in [6.07, 6.45) is 2.25. The van der Waals surface area contributed by atoms with Crippen molar-refractivity contribution >= 4 is 27.1 Å². The molecule has 2 N–H and O–H groups in total. The van der Waals surface area contributed by atoms with Crippen LogP contribution in [0.3, 0.4) is 0 Å². The molecule has 9 nitrogen and oxygen atoms in total. The van der Waals surface area contributed by atoms with E-state index in [1.165, 1.54) is 0 Å². The lowest BCUT2D eigenvalue weighted by Gasteiger charge is -2.23. The summed E-state index contributed by atoms with van der Waals surface area (Å²) in [5.74, 6) is 1.11. The molecule has 3 rings (SSSR count). The number of pyridine rings is 1. The molecule has 0 aliphatic rings. The Morgan fingerprint density at radius 1 is 1.14 bits per heavy atom. The summed E-state index contributed by atoms with van der Waals surface area (Å²) in [4.78, 5) is 21.3. The average Bonchev–Trinajstić information content (AvgIpc) is 3.05. The molecular formula is C26H37N5O4S. The van der Waals surface area contributed by atoms with Gasteiger partial charge in [0.2, 0.25) is 10.0 Å². The van der Waals surface area contributed by atoms with Crippen LogP contribution in [-0.2, 0) is 28.2 Å². The zero-order chi connectivity index (χ0) is 26.7. The third-order valence-electron chi connectivity index (χ3n) is 5.67. The van der Waals surface area contributed by atoms with Gasteiger partial charge in [-0.25, -0.2) is 22.9 Å². The molecule has 0 bridgehead atoms. The fraction of sp³-hybridized carbons (Fsp3) is 0.500. The Hall–Kier alpha value is -2.98. The van der Waals surface area contributed by atoms with Crippen LogP contribution in [0, 0.1) is 12.8 Å². The number of aryl methyl sites for hydroxylation is 2. The van der Waals surface area contributed by atoms with Gasteiger partial charge in [0.1, 0.15) is 17.9 Å². The van der Waals surface area contributed by atoms with Crippen LogP contribution in [0.15, 0.2) is 41.4 Å². The van der Waals surface area contributed by atoms with E-state index in [9.17, 15) is 13.2 Å². The van der Waals surface area contributed by atoms with Crippen molar-refractivity contribution in [3.8, 4) is 0 Å². The molecule has 0 aliphatic heterocycles. The summed E-state index contributed by atoms with van der Waals surface area (Å²) in [6, 6.07) is 8.13. The largest absolute Gasteiger partial charge is 0.448 e. The first-order chi connectivity index (χ1) is 16.7. The first kappa shape index (κ1) is 27.6. The van der Waals surface area contributed by atoms with E-state index in [1.807, 2.05) is 59.2 Å². The molecule has 2 heterocycles. The summed E-state index contributed by atoms with van der Waals surface area (Å²) in [6.45, 7) is 11.4. The van der Waals surface area contributed by atoms with Gasteiger partial charge in [0.25, 0.3) is 0 Å². The number of hydrogen-bond donors (Lipinski definition) is 2. The number of sulfonamides is 1. The number of carbonyl (C=O) groups excluding carboxylic acids is 1. The number of carbonyl (C=O) groups is 1. The zero-order valence-corrected chi connectivity index (χ0v) is 22.9. The molecule has 0 fully saturated rings. The Bertz CT molecular complexity index is 1310. The summed E-state index contributed by atoms with van der Waals surface area (Å²) in [5, 5.41) is 2.71. The first-order valence-corrected chi connectivity index (χ1v) is 13.6. The molecule has 0 saturated carbocycles. The van der Waals surface area contributed by atoms with Crippen LogP contribution in [0.4, 0.5) is 4.79 Å². The minimum Gasteiger partial charge on any atom is -0.448 e. The number of hydrogen-bond acceptors (Lipinski definition) is 6. The van der Waals surface area contributed by atoms with Gasteiger partial charge in [-0.15, -0.1) is 0 Å². The fourth-order valence-electron chi connectivity index (χ4n) is 3.92. The number of alkyl carbamates (subject to hydrolysis) is 1. The van der Waals surface area contributed by atoms with E-state index in [-0.39, 0.29) is 17.4 Å². The smallest absolute Gasteiger partial charge is 0.407 e. The van der Waals surface area contributed by atoms with Crippen molar-refractivity contribution in [2.75, 3.05) is 6.61 Å². The molecule has 36 heavy (non-hydrogen) atoms. The highest BCUT2D eigenvalue weighted by atomic mass is 32.2. The second-order valence-electron chi connectivity index (χ2n) is 10.6. The maximum absolute atomic E-state index is 13.1. The molecule has 0 radical (unpaired) electrons. The summed E-state index contributed by atoms with van der Waals surface area (Å²) in [7, 11) is -1.84. The minimum absolute atomic E-state index is 0.0590. The van der Waals surface area contributed by atoms with Crippen LogP contribution >= 0.6 is 0 Å². The predicted octanol–water partition coefficient (Wildman–Crippen LogP) is 4.09. The average molecular weight is 516 g/mol. The van der Waals surface area contributed by atoms with E-state index in [4.69, 9.17) is 4.74 Å². The highest BCUT2D eigenvalue weighted by molar-refractivity contribution is 7.89. The molecule has 196 valence electrons. The molecule has 0 spiro atoms. The molecule has 10 heteroatoms. The number of rotatable bonds is 9. The van der Waals surface area contributed by atoms with Gasteiger partial charge in [0, 0.05) is 25.2 Å². The van der Waals surface area contributed by atoms with Crippen molar-refractivity contribution in [3.05, 3.63) is 53.6 Å². The van der Waals surface area contributed by atoms with Gasteiger partial charge in [-0.1, -0.05) is 26.0 Å². The minimum atomic E-state index is -3.81. The van der Waals surface area contributed by atoms with E-state index < -0.39 is 27.7 Å². The van der Waals surface area contributed by atoms with Gasteiger partial charge in [-0.3, -0.25) is 4.98 Å². The first-order valence-electron chi connectivity index (χ1n) is 12.1. The van der Waals surface area contributed by atoms with Gasteiger partial charge in [0.15, 0.2) is 0 Å². The SMILES string of the molecule is Cc1nc2c(Cc3ccc(S(=O)(=O)N[C@H](COC(=O)NC(C)(C)C)CC(C)C)cc3)nccc2n1C. The Morgan fingerprint density at radius 2 is 1.81 bits per heavy atom. The predicted molar refractivity (Wildman–Crippen MR) is 140 cm³/mol. The standard InChI is InChI=1S/C26H37N5O4S/c1-17(2)14-20(16-35-25(32)29-26(4,5)6)30-36(33,34)21-10-8-19(9-11-21)15-22-24-23(12-13-27-22)31(7)18(3)28-24/h8-13,17,20,30H,14-16H2,1-7H3,(H,29,32)/t20-/m0/s1. The van der Waals surface area contributed by atoms with Crippen molar-refractivity contribution < 1.29 is 17.9 Å². The van der Waals surface area contributed by atoms with Crippen LogP contribution < -0.4 is 10.0 Å². The molecule has 1 aromatic carbocycles. The van der Waals surface area contributed by atoms with Gasteiger partial charge < -0.3 is 14.6 Å². The topological polar surface area (TPSA) is 115 Å². The molecular weight excluding hydrogens is 478 g/mol. The Balaban J connectivity index is 1.71. The maximum Gasteiger partial charge on any atom is 0.407 e. The van der Waals surface area contributed by atoms with E-state index in [0.29, 0.717) is 12.8 Å². The number of fused-ring (bicyclic) bond motifs is 1. The van der Waals surface area contributed by atoms with Crippen LogP contribution in [0.5, 0.6) is 0 Å². The molecule has 0 aliphatic carbocycles. The van der Waals surface area contributed by atoms with Gasteiger partial charge in [-0.05, 0) is 63.8 Å². The Labute approximate surface area is 213 Å². The Kier molecular flexibility index (Phi) is 8.40. The van der Waals surface area contributed by atoms with Crippen molar-refractivity contribution in [2.45, 2.75) is 70.9 Å². The molecule has 2 aromatic heterocycles. The fourth-order valence-corrected chi connectivity index (χ4v) is 5.16. The lowest BCUT2D eigenvalue weighted by atomic mass is 10.1. The third kappa shape index (κ3) is 7.27. The second kappa shape index (κ2) is 11.0. The van der Waals surface area contributed by atoms with E-state index >= 15 is 0 Å². The second-order valence-corrected chi connectivity index (χ2v) is 12.3. The van der Waals surface area contributed by atoms with Gasteiger partial charge in [0.05, 0.1) is 22.1 Å². The number of nitrogens with one attached hydrogen (secondary N) is 2. The van der Waals surface area contributed by atoms with E-state index in [1.54, 1.807) is 30.5 Å². The van der Waals surface area contributed by atoms with Gasteiger partial charge >= 0.3 is 6.09 Å². The van der Waals surface area contributed by atoms with Crippen molar-refractivity contribution in [3.63, 3.8) is 0 Å². The monoisotopic (exact) mass is 515 g/mol. The third-order valence-corrected chi connectivity index (χ3v) is 7.21. The number of imidazole rings is 1. The quantitative estimate of drug-likeness (QED) is 0.444. The summed E-state index contributed by atoms with van der Waals surface area (Å²) < 4.78 is 36.2. The lowest BCUT2D eigenvalue weighted by Crippen LogP contribution is -2.44. The van der Waals surface area contributed by atoms with Crippen LogP contribution in [0.1, 0.15) is 58.1 Å². The summed E-state index contributed by atoms with van der Waals surface area (Å²) >= 11 is 0. The molecule has 1 amide bonds. The van der Waals surface area contributed by atoms with E-state index in [2.05, 4.69) is 20.0 Å². The number of benzene rings is 1. The number of ether oxygens (including phenoxy) is 1. The maximum atomic E-state index is 13.1. The van der Waals surface area contributed by atoms with E-state index in [0.717, 1.165) is 28.1 Å². The molecule has 3 aromatic rings. The summed E-state index contributed by atoms with van der Waals surface area (Å²) in [5.41, 5.74) is 3.19. The lowest BCUT2D eigenvalue weighted by molar-refractivity contribution is 0.125. The van der Waals surface area contributed by atoms with Crippen LogP contribution in [0.2, 0.25) is 0 Å². The van der Waals surface area contributed by atoms with Crippen LogP contribution in [0.25, 0.3) is 11.0 Å². The van der Waals surface area contributed by atoms with Crippen LogP contribution in [-0.4, -0.2) is 47.2 Å². The Morgan fingerprint density at radius 3 is 2.42 bits per heavy atom. The van der Waals surface area contributed by atoms with Crippen molar-refractivity contribution in [2.24, 2.45) is 13.0 Å². The number of amides is 1. The number of nitrogens with zero attached hydrogens (tertiary/aromatic N) is 3. The highest BCUT2D eigenvalue weighted by Crippen LogP contribution is 2.21. The van der Waals surface area contributed by atoms with Crippen molar-refractivity contribution in [1.29, 1.82) is 0 Å². The normalized spacial score (nSPS) is 13.2. The highest BCUT2D eigenvalue weighted by Gasteiger charge is 2.23. The molecule has 0 unspecified atom stereocenters. The number of aromatic nitrogens is 3. The van der Waals surface area contributed by atoms with Crippen molar-refractivity contribution in [1.82, 2.24) is 24.6 Å². The van der Waals surface area contributed by atoms with Gasteiger partial charge in [-0.2, -0.15) is 0 Å². The molecule has 1 atom stereocenters.